The van der Waals surface area contributed by atoms with Gasteiger partial charge in [0.05, 0.1) is 19.0 Å². The smallest absolute Gasteiger partial charge is 0.354 e. The van der Waals surface area contributed by atoms with Crippen LogP contribution in [-0.4, -0.2) is 41.5 Å². The van der Waals surface area contributed by atoms with E-state index in [1.807, 2.05) is 0 Å². The van der Waals surface area contributed by atoms with Crippen LogP contribution in [0, 0.1) is 5.82 Å². The lowest BCUT2D eigenvalue weighted by atomic mass is 9.94. The van der Waals surface area contributed by atoms with Gasteiger partial charge in [-0.1, -0.05) is 6.07 Å². The number of nitrogens with one attached hydrogen (secondary N) is 2. The quantitative estimate of drug-likeness (QED) is 0.500. The Bertz CT molecular complexity index is 1040. The van der Waals surface area contributed by atoms with Gasteiger partial charge in [-0.2, -0.15) is 5.10 Å². The Kier molecular flexibility index (Phi) is 5.63. The summed E-state index contributed by atoms with van der Waals surface area (Å²) in [6.45, 7) is 0. The summed E-state index contributed by atoms with van der Waals surface area (Å²) in [4.78, 5) is 32.1. The number of carboxylic acids is 1. The fourth-order valence-corrected chi connectivity index (χ4v) is 2.55. The summed E-state index contributed by atoms with van der Waals surface area (Å²) >= 11 is 0. The second-order valence-corrected chi connectivity index (χ2v) is 5.85. The van der Waals surface area contributed by atoms with Gasteiger partial charge in [0, 0.05) is 24.2 Å². The number of methoxy groups -OCH3 is 1. The van der Waals surface area contributed by atoms with Crippen LogP contribution in [0.1, 0.15) is 21.7 Å². The summed E-state index contributed by atoms with van der Waals surface area (Å²) in [5.74, 6) is -2.05. The minimum Gasteiger partial charge on any atom is -0.497 e. The molecule has 0 aliphatic carbocycles. The molecule has 29 heavy (non-hydrogen) atoms. The molecule has 1 aromatic heterocycles. The molecule has 1 aliphatic rings. The number of aromatic carboxylic acids is 1. The first-order chi connectivity index (χ1) is 14.0. The average molecular weight is 397 g/mol. The molecule has 9 nitrogen and oxygen atoms in total. The van der Waals surface area contributed by atoms with E-state index < -0.39 is 23.2 Å². The van der Waals surface area contributed by atoms with Crippen LogP contribution in [0.5, 0.6) is 5.75 Å². The molecule has 0 saturated carbocycles. The number of rotatable bonds is 6. The standard InChI is InChI=1S/C19H16FN5O4/c1-29-13-5-6-14(20)12(9-13)10-23-25-18(28)19(11-21-7-8-22-19)16-4-2-3-15(24-16)17(26)27/h2-11,22H,1H3,(H,25,28)(H,26,27). The van der Waals surface area contributed by atoms with E-state index in [0.29, 0.717) is 5.75 Å². The van der Waals surface area contributed by atoms with E-state index in [9.17, 15) is 14.0 Å². The third kappa shape index (κ3) is 4.10. The number of carboxylic acid groups (broad SMARTS) is 1. The highest BCUT2D eigenvalue weighted by atomic mass is 19.1. The maximum atomic E-state index is 13.9. The molecule has 1 atom stereocenters. The van der Waals surface area contributed by atoms with Gasteiger partial charge in [-0.15, -0.1) is 0 Å². The highest BCUT2D eigenvalue weighted by molar-refractivity contribution is 6.04. The molecule has 3 rings (SSSR count). The summed E-state index contributed by atoms with van der Waals surface area (Å²) in [5.41, 5.74) is 0.683. The SMILES string of the molecule is COc1ccc(F)c(C=NNC(=O)C2(c3cccc(C(=O)O)n3)C=NC=CN2)c1. The first kappa shape index (κ1) is 19.7. The van der Waals surface area contributed by atoms with Gasteiger partial charge < -0.3 is 15.2 Å². The summed E-state index contributed by atoms with van der Waals surface area (Å²) in [6, 6.07) is 8.33. The Labute approximate surface area is 164 Å². The van der Waals surface area contributed by atoms with Crippen molar-refractivity contribution in [3.63, 3.8) is 0 Å². The van der Waals surface area contributed by atoms with Gasteiger partial charge in [0.2, 0.25) is 0 Å². The Hall–Kier alpha value is -4.08. The van der Waals surface area contributed by atoms with E-state index in [0.717, 1.165) is 6.21 Å². The number of aromatic nitrogens is 1. The molecular formula is C19H16FN5O4. The van der Waals surface area contributed by atoms with Gasteiger partial charge in [0.25, 0.3) is 5.91 Å². The lowest BCUT2D eigenvalue weighted by Crippen LogP contribution is -2.54. The van der Waals surface area contributed by atoms with E-state index in [4.69, 9.17) is 9.84 Å². The van der Waals surface area contributed by atoms with Crippen molar-refractivity contribution in [2.24, 2.45) is 10.1 Å². The van der Waals surface area contributed by atoms with Gasteiger partial charge in [0.1, 0.15) is 17.3 Å². The molecule has 1 aliphatic heterocycles. The van der Waals surface area contributed by atoms with Crippen molar-refractivity contribution in [1.29, 1.82) is 0 Å². The van der Waals surface area contributed by atoms with E-state index in [1.54, 1.807) is 0 Å². The minimum absolute atomic E-state index is 0.103. The number of halogens is 1. The summed E-state index contributed by atoms with van der Waals surface area (Å²) in [6.07, 6.45) is 5.24. The predicted molar refractivity (Wildman–Crippen MR) is 102 cm³/mol. The van der Waals surface area contributed by atoms with Crippen LogP contribution < -0.4 is 15.5 Å². The molecule has 0 fully saturated rings. The summed E-state index contributed by atoms with van der Waals surface area (Å²) < 4.78 is 18.9. The number of nitrogens with zero attached hydrogens (tertiary/aromatic N) is 3. The van der Waals surface area contributed by atoms with Crippen molar-refractivity contribution in [3.05, 3.63) is 71.6 Å². The second-order valence-electron chi connectivity index (χ2n) is 5.85. The third-order valence-electron chi connectivity index (χ3n) is 4.04. The molecule has 0 saturated heterocycles. The van der Waals surface area contributed by atoms with Gasteiger partial charge in [-0.05, 0) is 30.3 Å². The highest BCUT2D eigenvalue weighted by Crippen LogP contribution is 2.21. The molecule has 0 radical (unpaired) electrons. The monoisotopic (exact) mass is 397 g/mol. The number of benzene rings is 1. The topological polar surface area (TPSA) is 125 Å². The molecule has 10 heteroatoms. The number of hydrazone groups is 1. The van der Waals surface area contributed by atoms with Crippen LogP contribution >= 0.6 is 0 Å². The van der Waals surface area contributed by atoms with E-state index in [1.165, 1.54) is 62.1 Å². The summed E-state index contributed by atoms with van der Waals surface area (Å²) in [7, 11) is 1.44. The summed E-state index contributed by atoms with van der Waals surface area (Å²) in [5, 5.41) is 15.8. The molecule has 1 amide bonds. The van der Waals surface area contributed by atoms with Gasteiger partial charge in [0.15, 0.2) is 5.54 Å². The van der Waals surface area contributed by atoms with Crippen LogP contribution in [0.25, 0.3) is 0 Å². The van der Waals surface area contributed by atoms with Crippen LogP contribution in [0.4, 0.5) is 4.39 Å². The Balaban J connectivity index is 1.88. The Morgan fingerprint density at radius 3 is 2.86 bits per heavy atom. The number of aliphatic imine (C=N–C) groups is 1. The van der Waals surface area contributed by atoms with Crippen LogP contribution in [0.3, 0.4) is 0 Å². The molecule has 2 heterocycles. The number of ether oxygens (including phenoxy) is 1. The molecule has 1 unspecified atom stereocenters. The van der Waals surface area contributed by atoms with Crippen LogP contribution in [-0.2, 0) is 10.3 Å². The van der Waals surface area contributed by atoms with Crippen molar-refractivity contribution < 1.29 is 23.8 Å². The number of amides is 1. The first-order valence-corrected chi connectivity index (χ1v) is 8.31. The largest absolute Gasteiger partial charge is 0.497 e. The fourth-order valence-electron chi connectivity index (χ4n) is 2.55. The zero-order chi connectivity index (χ0) is 20.9. The lowest BCUT2D eigenvalue weighted by molar-refractivity contribution is -0.125. The third-order valence-corrected chi connectivity index (χ3v) is 4.04. The van der Waals surface area contributed by atoms with E-state index in [2.05, 4.69) is 25.8 Å². The minimum atomic E-state index is -1.59. The molecule has 1 aromatic carbocycles. The second kappa shape index (κ2) is 8.30. The molecule has 0 spiro atoms. The van der Waals surface area contributed by atoms with Crippen molar-refractivity contribution in [2.45, 2.75) is 5.54 Å². The van der Waals surface area contributed by atoms with Crippen molar-refractivity contribution in [3.8, 4) is 5.75 Å². The molecule has 148 valence electrons. The fraction of sp³-hybridized carbons (Fsp3) is 0.105. The molecular weight excluding hydrogens is 381 g/mol. The first-order valence-electron chi connectivity index (χ1n) is 8.31. The zero-order valence-electron chi connectivity index (χ0n) is 15.2. The zero-order valence-corrected chi connectivity index (χ0v) is 15.2. The number of hydrogen-bond donors (Lipinski definition) is 3. The van der Waals surface area contributed by atoms with Crippen molar-refractivity contribution >= 4 is 24.3 Å². The lowest BCUT2D eigenvalue weighted by Gasteiger charge is -2.29. The van der Waals surface area contributed by atoms with Gasteiger partial charge in [-0.25, -0.2) is 19.6 Å². The number of hydrogen-bond acceptors (Lipinski definition) is 7. The molecule has 2 aromatic rings. The maximum absolute atomic E-state index is 13.9. The molecule has 3 N–H and O–H groups in total. The Morgan fingerprint density at radius 2 is 2.17 bits per heavy atom. The highest BCUT2D eigenvalue weighted by Gasteiger charge is 2.41. The van der Waals surface area contributed by atoms with Crippen molar-refractivity contribution in [1.82, 2.24) is 15.7 Å². The average Bonchev–Trinajstić information content (AvgIpc) is 2.75. The van der Waals surface area contributed by atoms with Gasteiger partial charge >= 0.3 is 5.97 Å². The number of carbonyl (C=O) groups excluding carboxylic acids is 1. The maximum Gasteiger partial charge on any atom is 0.354 e. The van der Waals surface area contributed by atoms with Crippen molar-refractivity contribution in [2.75, 3.05) is 7.11 Å². The van der Waals surface area contributed by atoms with Gasteiger partial charge in [-0.3, -0.25) is 9.79 Å². The number of pyridine rings is 1. The van der Waals surface area contributed by atoms with E-state index in [-0.39, 0.29) is 17.0 Å². The Morgan fingerprint density at radius 1 is 1.34 bits per heavy atom. The predicted octanol–water partition coefficient (Wildman–Crippen LogP) is 1.42. The number of carbonyl (C=O) groups is 2. The van der Waals surface area contributed by atoms with Crippen LogP contribution in [0.2, 0.25) is 0 Å². The normalized spacial score (nSPS) is 17.7. The van der Waals surface area contributed by atoms with Crippen LogP contribution in [0.15, 0.2) is 58.9 Å². The van der Waals surface area contributed by atoms with E-state index >= 15 is 0 Å². The molecule has 0 bridgehead atoms.